The van der Waals surface area contributed by atoms with Crippen LogP contribution in [0, 0.1) is 10.1 Å². The van der Waals surface area contributed by atoms with E-state index in [1.165, 1.54) is 0 Å². The summed E-state index contributed by atoms with van der Waals surface area (Å²) in [6, 6.07) is 27.3. The Morgan fingerprint density at radius 3 is 2.17 bits per heavy atom. The Morgan fingerprint density at radius 1 is 0.793 bits per heavy atom. The van der Waals surface area contributed by atoms with Crippen LogP contribution in [0.1, 0.15) is 11.3 Å². The largest absolute Gasteiger partial charge is 0.348 e. The number of benzene rings is 4. The van der Waals surface area contributed by atoms with Crippen molar-refractivity contribution in [2.45, 2.75) is 6.42 Å². The van der Waals surface area contributed by atoms with E-state index in [1.807, 2.05) is 84.9 Å². The van der Waals surface area contributed by atoms with Gasteiger partial charge in [-0.1, -0.05) is 90.1 Å². The van der Waals surface area contributed by atoms with Gasteiger partial charge in [-0.2, -0.15) is 0 Å². The average molecular weight is 380 g/mol. The van der Waals surface area contributed by atoms with Gasteiger partial charge >= 0.3 is 5.69 Å². The number of hydrogen-bond donors (Lipinski definition) is 0. The predicted molar refractivity (Wildman–Crippen MR) is 113 cm³/mol. The van der Waals surface area contributed by atoms with Crippen molar-refractivity contribution >= 4 is 27.2 Å². The zero-order chi connectivity index (χ0) is 19.8. The predicted octanol–water partition coefficient (Wildman–Crippen LogP) is 6.15. The topological polar surface area (TPSA) is 69.2 Å². The maximum absolute atomic E-state index is 12.0. The molecule has 5 aromatic rings. The van der Waals surface area contributed by atoms with Crippen LogP contribution in [0.2, 0.25) is 0 Å². The molecule has 0 fully saturated rings. The van der Waals surface area contributed by atoms with E-state index in [4.69, 9.17) is 4.52 Å². The molecule has 1 aromatic heterocycles. The second kappa shape index (κ2) is 6.87. The Morgan fingerprint density at radius 2 is 1.41 bits per heavy atom. The molecule has 1 heterocycles. The molecule has 0 saturated heterocycles. The smallest absolute Gasteiger partial charge is 0.339 e. The maximum Gasteiger partial charge on any atom is 0.339 e. The van der Waals surface area contributed by atoms with E-state index < -0.39 is 4.92 Å². The van der Waals surface area contributed by atoms with Crippen molar-refractivity contribution in [3.63, 3.8) is 0 Å². The fraction of sp³-hybridized carbons (Fsp3) is 0.0417. The lowest BCUT2D eigenvalue weighted by Gasteiger charge is -2.05. The first-order valence-corrected chi connectivity index (χ1v) is 9.30. The third-order valence-corrected chi connectivity index (χ3v) is 5.19. The molecule has 5 heteroatoms. The molecule has 0 spiro atoms. The lowest BCUT2D eigenvalue weighted by molar-refractivity contribution is -0.385. The minimum absolute atomic E-state index is 0.0747. The first kappa shape index (κ1) is 17.1. The number of aromatic nitrogens is 1. The van der Waals surface area contributed by atoms with Gasteiger partial charge in [-0.05, 0) is 27.1 Å². The summed E-state index contributed by atoms with van der Waals surface area (Å²) in [7, 11) is 0. The highest BCUT2D eigenvalue weighted by molar-refractivity contribution is 5.97. The number of fused-ring (bicyclic) bond motifs is 2. The van der Waals surface area contributed by atoms with Crippen LogP contribution in [-0.4, -0.2) is 10.1 Å². The Hall–Kier alpha value is -3.99. The third-order valence-electron chi connectivity index (χ3n) is 5.19. The molecule has 0 saturated carbocycles. The van der Waals surface area contributed by atoms with Crippen LogP contribution >= 0.6 is 0 Å². The van der Waals surface area contributed by atoms with E-state index in [0.29, 0.717) is 17.7 Å². The molecule has 140 valence electrons. The van der Waals surface area contributed by atoms with Gasteiger partial charge in [-0.3, -0.25) is 10.1 Å². The lowest BCUT2D eigenvalue weighted by Crippen LogP contribution is -1.97. The first-order chi connectivity index (χ1) is 14.2. The molecular weight excluding hydrogens is 364 g/mol. The Balaban J connectivity index is 1.66. The van der Waals surface area contributed by atoms with E-state index in [2.05, 4.69) is 5.16 Å². The summed E-state index contributed by atoms with van der Waals surface area (Å²) in [5.41, 5.74) is 1.90. The fourth-order valence-corrected chi connectivity index (χ4v) is 3.85. The molecule has 5 nitrogen and oxygen atoms in total. The number of nitro groups is 1. The van der Waals surface area contributed by atoms with Crippen LogP contribution in [0.5, 0.6) is 0 Å². The summed E-state index contributed by atoms with van der Waals surface area (Å²) in [6.45, 7) is 0. The van der Waals surface area contributed by atoms with Crippen LogP contribution in [0.15, 0.2) is 89.5 Å². The summed E-state index contributed by atoms with van der Waals surface area (Å²) in [5.74, 6) is 0.196. The SMILES string of the molecule is O=[N+]([O-])c1c(Cc2cccc3ccccc23)noc1-c1cccc2ccccc12. The quantitative estimate of drug-likeness (QED) is 0.277. The molecule has 0 unspecified atom stereocenters. The van der Waals surface area contributed by atoms with Gasteiger partial charge in [0, 0.05) is 12.0 Å². The zero-order valence-corrected chi connectivity index (χ0v) is 15.4. The highest BCUT2D eigenvalue weighted by atomic mass is 16.6. The van der Waals surface area contributed by atoms with Gasteiger partial charge in [-0.15, -0.1) is 0 Å². The number of hydrogen-bond acceptors (Lipinski definition) is 4. The Kier molecular flexibility index (Phi) is 4.06. The van der Waals surface area contributed by atoms with Crippen molar-refractivity contribution in [2.75, 3.05) is 0 Å². The number of rotatable bonds is 4. The van der Waals surface area contributed by atoms with E-state index in [0.717, 1.165) is 27.1 Å². The molecule has 5 rings (SSSR count). The summed E-state index contributed by atoms with van der Waals surface area (Å²) in [4.78, 5) is 11.6. The fourth-order valence-electron chi connectivity index (χ4n) is 3.85. The van der Waals surface area contributed by atoms with E-state index in [9.17, 15) is 10.1 Å². The molecule has 0 radical (unpaired) electrons. The molecule has 0 aliphatic heterocycles. The third kappa shape index (κ3) is 2.93. The van der Waals surface area contributed by atoms with E-state index >= 15 is 0 Å². The Labute approximate surface area is 166 Å². The van der Waals surface area contributed by atoms with Gasteiger partial charge in [0.1, 0.15) is 0 Å². The molecule has 0 amide bonds. The average Bonchev–Trinajstić information content (AvgIpc) is 3.17. The summed E-state index contributed by atoms with van der Waals surface area (Å²) < 4.78 is 5.54. The summed E-state index contributed by atoms with van der Waals surface area (Å²) >= 11 is 0. The van der Waals surface area contributed by atoms with Crippen molar-refractivity contribution in [3.05, 3.63) is 106 Å². The highest BCUT2D eigenvalue weighted by Gasteiger charge is 2.29. The van der Waals surface area contributed by atoms with Crippen LogP contribution in [-0.2, 0) is 6.42 Å². The van der Waals surface area contributed by atoms with Crippen LogP contribution in [0.3, 0.4) is 0 Å². The Bertz CT molecular complexity index is 1360. The minimum Gasteiger partial charge on any atom is -0.348 e. The molecule has 0 atom stereocenters. The zero-order valence-electron chi connectivity index (χ0n) is 15.4. The van der Waals surface area contributed by atoms with E-state index in [1.54, 1.807) is 0 Å². The van der Waals surface area contributed by atoms with Crippen molar-refractivity contribution in [1.82, 2.24) is 5.16 Å². The summed E-state index contributed by atoms with van der Waals surface area (Å²) in [5, 5.41) is 20.1. The van der Waals surface area contributed by atoms with Gasteiger partial charge in [0.05, 0.1) is 4.92 Å². The summed E-state index contributed by atoms with van der Waals surface area (Å²) in [6.07, 6.45) is 0.325. The minimum atomic E-state index is -0.395. The molecule has 0 aliphatic rings. The highest BCUT2D eigenvalue weighted by Crippen LogP contribution is 2.38. The van der Waals surface area contributed by atoms with Crippen LogP contribution in [0.25, 0.3) is 32.9 Å². The van der Waals surface area contributed by atoms with Crippen molar-refractivity contribution in [3.8, 4) is 11.3 Å². The maximum atomic E-state index is 12.0. The van der Waals surface area contributed by atoms with Gasteiger partial charge in [0.25, 0.3) is 0 Å². The first-order valence-electron chi connectivity index (χ1n) is 9.30. The second-order valence-corrected chi connectivity index (χ2v) is 6.91. The number of nitrogens with zero attached hydrogens (tertiary/aromatic N) is 2. The standard InChI is InChI=1S/C24H16N2O3/c27-26(28)23-22(15-18-11-5-9-16-7-1-3-12-19(16)18)25-29-24(23)21-14-6-10-17-8-2-4-13-20(17)21/h1-14H,15H2. The van der Waals surface area contributed by atoms with Crippen LogP contribution < -0.4 is 0 Å². The monoisotopic (exact) mass is 380 g/mol. The van der Waals surface area contributed by atoms with Gasteiger partial charge in [0.15, 0.2) is 5.69 Å². The molecule has 0 N–H and O–H groups in total. The van der Waals surface area contributed by atoms with Crippen molar-refractivity contribution in [2.24, 2.45) is 0 Å². The van der Waals surface area contributed by atoms with Crippen molar-refractivity contribution < 1.29 is 9.45 Å². The van der Waals surface area contributed by atoms with Gasteiger partial charge in [0.2, 0.25) is 5.76 Å². The van der Waals surface area contributed by atoms with E-state index in [-0.39, 0.29) is 11.4 Å². The van der Waals surface area contributed by atoms with Gasteiger partial charge in [-0.25, -0.2) is 0 Å². The van der Waals surface area contributed by atoms with Crippen molar-refractivity contribution in [1.29, 1.82) is 0 Å². The molecule has 0 bridgehead atoms. The molecule has 0 aliphatic carbocycles. The lowest BCUT2D eigenvalue weighted by atomic mass is 9.98. The molecular formula is C24H16N2O3. The second-order valence-electron chi connectivity index (χ2n) is 6.91. The van der Waals surface area contributed by atoms with Gasteiger partial charge < -0.3 is 4.52 Å². The molecule has 4 aromatic carbocycles. The normalized spacial score (nSPS) is 11.2. The molecule has 29 heavy (non-hydrogen) atoms. The van der Waals surface area contributed by atoms with Crippen LogP contribution in [0.4, 0.5) is 5.69 Å².